The largest absolute Gasteiger partial charge is 0.334 e. The summed E-state index contributed by atoms with van der Waals surface area (Å²) >= 11 is 0. The second-order valence-electron chi connectivity index (χ2n) is 8.77. The molecule has 5 rings (SSSR count). The van der Waals surface area contributed by atoms with Crippen LogP contribution >= 0.6 is 0 Å². The molecular formula is C25H26N4O3S. The van der Waals surface area contributed by atoms with Gasteiger partial charge in [-0.2, -0.15) is 4.31 Å². The minimum absolute atomic E-state index is 0.0702. The molecular weight excluding hydrogens is 436 g/mol. The normalized spacial score (nSPS) is 20.7. The van der Waals surface area contributed by atoms with E-state index in [0.29, 0.717) is 42.1 Å². The maximum atomic E-state index is 13.5. The monoisotopic (exact) mass is 462 g/mol. The molecule has 0 radical (unpaired) electrons. The number of sulfonamides is 1. The molecule has 0 unspecified atom stereocenters. The second kappa shape index (κ2) is 8.35. The first-order valence-corrected chi connectivity index (χ1v) is 12.6. The predicted molar refractivity (Wildman–Crippen MR) is 125 cm³/mol. The first-order valence-electron chi connectivity index (χ1n) is 11.1. The Morgan fingerprint density at radius 1 is 1.00 bits per heavy atom. The molecule has 2 saturated heterocycles. The molecule has 33 heavy (non-hydrogen) atoms. The predicted octanol–water partition coefficient (Wildman–Crippen LogP) is 3.44. The van der Waals surface area contributed by atoms with Crippen LogP contribution in [0.5, 0.6) is 0 Å². The molecule has 7 nitrogen and oxygen atoms in total. The summed E-state index contributed by atoms with van der Waals surface area (Å²) in [5, 5.41) is 0. The van der Waals surface area contributed by atoms with Crippen molar-refractivity contribution in [3.05, 3.63) is 77.7 Å². The summed E-state index contributed by atoms with van der Waals surface area (Å²) in [6.45, 7) is 4.70. The summed E-state index contributed by atoms with van der Waals surface area (Å²) < 4.78 is 28.6. The average Bonchev–Trinajstić information content (AvgIpc) is 3.43. The van der Waals surface area contributed by atoms with E-state index in [9.17, 15) is 13.2 Å². The van der Waals surface area contributed by atoms with E-state index < -0.39 is 10.0 Å². The lowest BCUT2D eigenvalue weighted by molar-refractivity contribution is 0.0735. The van der Waals surface area contributed by atoms with Gasteiger partial charge in [0, 0.05) is 48.7 Å². The van der Waals surface area contributed by atoms with Crippen molar-refractivity contribution in [1.82, 2.24) is 19.2 Å². The number of rotatable bonds is 4. The van der Waals surface area contributed by atoms with Crippen molar-refractivity contribution < 1.29 is 13.2 Å². The van der Waals surface area contributed by atoms with Crippen LogP contribution in [-0.2, 0) is 10.0 Å². The fourth-order valence-electron chi connectivity index (χ4n) is 5.03. The van der Waals surface area contributed by atoms with E-state index in [4.69, 9.17) is 0 Å². The van der Waals surface area contributed by atoms with Gasteiger partial charge in [0.05, 0.1) is 16.8 Å². The van der Waals surface area contributed by atoms with Gasteiger partial charge in [0.15, 0.2) is 0 Å². The summed E-state index contributed by atoms with van der Waals surface area (Å²) in [7, 11) is -3.62. The zero-order valence-corrected chi connectivity index (χ0v) is 19.5. The van der Waals surface area contributed by atoms with Gasteiger partial charge in [-0.05, 0) is 56.0 Å². The van der Waals surface area contributed by atoms with Crippen LogP contribution in [0, 0.1) is 13.8 Å². The number of benzene rings is 2. The molecule has 0 aliphatic carbocycles. The van der Waals surface area contributed by atoms with Crippen LogP contribution < -0.4 is 0 Å². The summed E-state index contributed by atoms with van der Waals surface area (Å²) in [5.41, 5.74) is 3.78. The van der Waals surface area contributed by atoms with Crippen LogP contribution in [0.15, 0.2) is 66.0 Å². The molecule has 2 atom stereocenters. The molecule has 8 heteroatoms. The van der Waals surface area contributed by atoms with Crippen LogP contribution in [0.2, 0.25) is 0 Å². The lowest BCUT2D eigenvalue weighted by Crippen LogP contribution is -2.41. The number of amides is 1. The van der Waals surface area contributed by atoms with Crippen LogP contribution in [0.3, 0.4) is 0 Å². The van der Waals surface area contributed by atoms with Crippen molar-refractivity contribution in [1.29, 1.82) is 0 Å². The maximum absolute atomic E-state index is 13.5. The van der Waals surface area contributed by atoms with Gasteiger partial charge in [-0.1, -0.05) is 24.3 Å². The number of carbonyl (C=O) groups excluding carboxylic acids is 1. The number of aryl methyl sites for hydroxylation is 2. The minimum Gasteiger partial charge on any atom is -0.334 e. The lowest BCUT2D eigenvalue weighted by atomic mass is 10.1. The fraction of sp³-hybridized carbons (Fsp3) is 0.320. The van der Waals surface area contributed by atoms with E-state index in [1.807, 2.05) is 49.1 Å². The van der Waals surface area contributed by atoms with Gasteiger partial charge in [-0.25, -0.2) is 8.42 Å². The number of hydrogen-bond donors (Lipinski definition) is 0. The SMILES string of the molecule is Cc1ccc(C)c(S(=O)(=O)N2CC[C@@H]3[C@H]2CCN3C(=O)c2cccc(-c3cnccn3)c2)c1. The minimum atomic E-state index is -3.62. The third-order valence-corrected chi connectivity index (χ3v) is 8.75. The fourth-order valence-corrected chi connectivity index (χ4v) is 7.04. The third-order valence-electron chi connectivity index (χ3n) is 6.69. The summed E-state index contributed by atoms with van der Waals surface area (Å²) in [6, 6.07) is 12.6. The number of carbonyl (C=O) groups is 1. The Balaban J connectivity index is 1.39. The Labute approximate surface area is 194 Å². The second-order valence-corrected chi connectivity index (χ2v) is 10.6. The lowest BCUT2D eigenvalue weighted by Gasteiger charge is -2.26. The van der Waals surface area contributed by atoms with E-state index in [1.54, 1.807) is 35.0 Å². The molecule has 0 N–H and O–H groups in total. The van der Waals surface area contributed by atoms with Gasteiger partial charge < -0.3 is 4.90 Å². The van der Waals surface area contributed by atoms with Crippen molar-refractivity contribution in [3.63, 3.8) is 0 Å². The molecule has 0 bridgehead atoms. The Morgan fingerprint density at radius 2 is 1.82 bits per heavy atom. The number of aromatic nitrogens is 2. The van der Waals surface area contributed by atoms with Crippen LogP contribution in [0.4, 0.5) is 0 Å². The summed E-state index contributed by atoms with van der Waals surface area (Å²) in [5.74, 6) is -0.0702. The third kappa shape index (κ3) is 3.83. The van der Waals surface area contributed by atoms with Crippen molar-refractivity contribution >= 4 is 15.9 Å². The highest BCUT2D eigenvalue weighted by molar-refractivity contribution is 7.89. The molecule has 2 aliphatic rings. The quantitative estimate of drug-likeness (QED) is 0.593. The van der Waals surface area contributed by atoms with E-state index >= 15 is 0 Å². The molecule has 0 saturated carbocycles. The number of likely N-dealkylation sites (tertiary alicyclic amines) is 1. The number of nitrogens with zero attached hydrogens (tertiary/aromatic N) is 4. The van der Waals surface area contributed by atoms with Gasteiger partial charge in [0.1, 0.15) is 0 Å². The van der Waals surface area contributed by atoms with Crippen molar-refractivity contribution in [2.75, 3.05) is 13.1 Å². The standard InChI is InChI=1S/C25H26N4O3S/c1-17-6-7-18(2)24(14-17)33(31,32)29-13-9-22-23(29)8-12-28(22)25(30)20-5-3-4-19(15-20)21-16-26-10-11-27-21/h3-7,10-11,14-16,22-23H,8-9,12-13H2,1-2H3/t22-,23-/m1/s1. The van der Waals surface area contributed by atoms with E-state index in [2.05, 4.69) is 9.97 Å². The van der Waals surface area contributed by atoms with Gasteiger partial charge in [0.2, 0.25) is 10.0 Å². The molecule has 2 fully saturated rings. The zero-order chi connectivity index (χ0) is 23.2. The highest BCUT2D eigenvalue weighted by Crippen LogP contribution is 2.37. The Kier molecular flexibility index (Phi) is 5.50. The highest BCUT2D eigenvalue weighted by atomic mass is 32.2. The smallest absolute Gasteiger partial charge is 0.254 e. The van der Waals surface area contributed by atoms with Gasteiger partial charge >= 0.3 is 0 Å². The molecule has 3 aromatic rings. The number of fused-ring (bicyclic) bond motifs is 1. The molecule has 1 aromatic heterocycles. The van der Waals surface area contributed by atoms with Gasteiger partial charge in [-0.15, -0.1) is 0 Å². The zero-order valence-electron chi connectivity index (χ0n) is 18.7. The molecule has 2 aliphatic heterocycles. The number of hydrogen-bond acceptors (Lipinski definition) is 5. The highest BCUT2D eigenvalue weighted by Gasteiger charge is 2.49. The summed E-state index contributed by atoms with van der Waals surface area (Å²) in [6.07, 6.45) is 6.19. The van der Waals surface area contributed by atoms with E-state index in [0.717, 1.165) is 16.7 Å². The topological polar surface area (TPSA) is 83.5 Å². The first-order chi connectivity index (χ1) is 15.9. The Hall–Kier alpha value is -3.10. The van der Waals surface area contributed by atoms with Crippen molar-refractivity contribution in [2.45, 2.75) is 43.7 Å². The van der Waals surface area contributed by atoms with Crippen LogP contribution in [-0.4, -0.2) is 58.7 Å². The molecule has 0 spiro atoms. The molecule has 1 amide bonds. The Morgan fingerprint density at radius 3 is 2.61 bits per heavy atom. The van der Waals surface area contributed by atoms with E-state index in [1.165, 1.54) is 0 Å². The maximum Gasteiger partial charge on any atom is 0.254 e. The summed E-state index contributed by atoms with van der Waals surface area (Å²) in [4.78, 5) is 24.1. The van der Waals surface area contributed by atoms with E-state index in [-0.39, 0.29) is 18.0 Å². The Bertz CT molecular complexity index is 1310. The van der Waals surface area contributed by atoms with Crippen molar-refractivity contribution in [3.8, 4) is 11.3 Å². The molecule has 3 heterocycles. The average molecular weight is 463 g/mol. The van der Waals surface area contributed by atoms with Gasteiger partial charge in [0.25, 0.3) is 5.91 Å². The van der Waals surface area contributed by atoms with Crippen LogP contribution in [0.25, 0.3) is 11.3 Å². The van der Waals surface area contributed by atoms with Crippen molar-refractivity contribution in [2.24, 2.45) is 0 Å². The molecule has 2 aromatic carbocycles. The van der Waals surface area contributed by atoms with Gasteiger partial charge in [-0.3, -0.25) is 14.8 Å². The van der Waals surface area contributed by atoms with Crippen LogP contribution in [0.1, 0.15) is 34.3 Å². The molecule has 170 valence electrons. The first kappa shape index (κ1) is 21.7.